The van der Waals surface area contributed by atoms with E-state index in [-0.39, 0.29) is 5.69 Å². The van der Waals surface area contributed by atoms with Gasteiger partial charge in [0.15, 0.2) is 11.6 Å². The van der Waals surface area contributed by atoms with Gasteiger partial charge in [-0.05, 0) is 12.1 Å². The molecule has 182 valence electrons. The third kappa shape index (κ3) is 4.68. The van der Waals surface area contributed by atoms with Crippen LogP contribution < -0.4 is 19.6 Å². The number of rotatable bonds is 5. The molecule has 4 heterocycles. The van der Waals surface area contributed by atoms with Crippen molar-refractivity contribution in [3.05, 3.63) is 40.2 Å². The smallest absolute Gasteiger partial charge is 0.269 e. The number of anilines is 4. The van der Waals surface area contributed by atoms with Gasteiger partial charge in [-0.25, -0.2) is 0 Å². The average molecular weight is 474 g/mol. The standard InChI is InChI=1S/C22H28FN7O4/c23-19-20(27-7-5-26(6-8-27)17-1-3-18(4-2-17)30(31)32)24-22(29-11-15-34-16-12-29)25-21(19)28-9-13-33-14-10-28/h1-4H,5-16H2. The van der Waals surface area contributed by atoms with Gasteiger partial charge < -0.3 is 29.1 Å². The van der Waals surface area contributed by atoms with Crippen LogP contribution in [0.25, 0.3) is 0 Å². The molecular weight excluding hydrogens is 445 g/mol. The first kappa shape index (κ1) is 22.5. The van der Waals surface area contributed by atoms with Gasteiger partial charge in [0.25, 0.3) is 5.69 Å². The third-order valence-corrected chi connectivity index (χ3v) is 6.41. The summed E-state index contributed by atoms with van der Waals surface area (Å²) in [6, 6.07) is 6.53. The normalized spacial score (nSPS) is 19.4. The largest absolute Gasteiger partial charge is 0.378 e. The fourth-order valence-electron chi connectivity index (χ4n) is 4.47. The molecule has 3 saturated heterocycles. The minimum atomic E-state index is -0.405. The van der Waals surface area contributed by atoms with Crippen molar-refractivity contribution in [3.63, 3.8) is 0 Å². The summed E-state index contributed by atoms with van der Waals surface area (Å²) in [5.41, 5.74) is 0.980. The van der Waals surface area contributed by atoms with Crippen LogP contribution in [0.3, 0.4) is 0 Å². The molecule has 11 nitrogen and oxygen atoms in total. The summed E-state index contributed by atoms with van der Waals surface area (Å²) in [4.78, 5) is 27.9. The van der Waals surface area contributed by atoms with E-state index in [1.54, 1.807) is 12.1 Å². The number of hydrogen-bond donors (Lipinski definition) is 0. The van der Waals surface area contributed by atoms with Crippen molar-refractivity contribution in [1.82, 2.24) is 9.97 Å². The molecule has 0 saturated carbocycles. The van der Waals surface area contributed by atoms with Crippen molar-refractivity contribution in [1.29, 1.82) is 0 Å². The Labute approximate surface area is 196 Å². The van der Waals surface area contributed by atoms with Crippen LogP contribution in [0.2, 0.25) is 0 Å². The van der Waals surface area contributed by atoms with E-state index in [9.17, 15) is 10.1 Å². The fraction of sp³-hybridized carbons (Fsp3) is 0.545. The van der Waals surface area contributed by atoms with Crippen molar-refractivity contribution in [2.75, 3.05) is 98.4 Å². The minimum absolute atomic E-state index is 0.0664. The average Bonchev–Trinajstić information content (AvgIpc) is 2.90. The predicted octanol–water partition coefficient (Wildman–Crippen LogP) is 1.52. The summed E-state index contributed by atoms with van der Waals surface area (Å²) in [6.07, 6.45) is 0. The Bertz CT molecular complexity index is 1010. The molecule has 12 heteroatoms. The van der Waals surface area contributed by atoms with E-state index in [4.69, 9.17) is 9.47 Å². The monoisotopic (exact) mass is 473 g/mol. The maximum Gasteiger partial charge on any atom is 0.269 e. The third-order valence-electron chi connectivity index (χ3n) is 6.41. The zero-order valence-corrected chi connectivity index (χ0v) is 18.9. The highest BCUT2D eigenvalue weighted by molar-refractivity contribution is 5.59. The lowest BCUT2D eigenvalue weighted by molar-refractivity contribution is -0.384. The molecule has 1 aromatic heterocycles. The Morgan fingerprint density at radius 1 is 0.735 bits per heavy atom. The summed E-state index contributed by atoms with van der Waals surface area (Å²) >= 11 is 0. The second kappa shape index (κ2) is 9.94. The van der Waals surface area contributed by atoms with Gasteiger partial charge in [-0.2, -0.15) is 14.4 Å². The molecule has 0 radical (unpaired) electrons. The van der Waals surface area contributed by atoms with Crippen LogP contribution in [0.4, 0.5) is 33.3 Å². The first-order valence-corrected chi connectivity index (χ1v) is 11.6. The SMILES string of the molecule is O=[N+]([O-])c1ccc(N2CCN(c3nc(N4CCOCC4)nc(N4CCOCC4)c3F)CC2)cc1. The summed E-state index contributed by atoms with van der Waals surface area (Å²) in [6.45, 7) is 7.25. The molecule has 0 aliphatic carbocycles. The lowest BCUT2D eigenvalue weighted by atomic mass is 10.2. The van der Waals surface area contributed by atoms with Crippen LogP contribution in [0.15, 0.2) is 24.3 Å². The van der Waals surface area contributed by atoms with Gasteiger partial charge in [-0.3, -0.25) is 10.1 Å². The van der Waals surface area contributed by atoms with Gasteiger partial charge in [-0.1, -0.05) is 0 Å². The molecule has 3 aliphatic rings. The second-order valence-corrected chi connectivity index (χ2v) is 8.43. The molecule has 0 spiro atoms. The number of halogens is 1. The number of piperazine rings is 1. The van der Waals surface area contributed by atoms with Gasteiger partial charge >= 0.3 is 0 Å². The van der Waals surface area contributed by atoms with Gasteiger partial charge in [0.05, 0.1) is 31.4 Å². The Hall–Kier alpha value is -3.25. The topological polar surface area (TPSA) is 100 Å². The van der Waals surface area contributed by atoms with Crippen molar-refractivity contribution >= 4 is 29.0 Å². The molecule has 0 bridgehead atoms. The number of nitrogens with zero attached hydrogens (tertiary/aromatic N) is 7. The molecule has 1 aromatic carbocycles. The second-order valence-electron chi connectivity index (χ2n) is 8.43. The molecule has 0 amide bonds. The zero-order valence-electron chi connectivity index (χ0n) is 18.9. The Kier molecular flexibility index (Phi) is 6.59. The van der Waals surface area contributed by atoms with Crippen LogP contribution >= 0.6 is 0 Å². The number of non-ortho nitro benzene ring substituents is 1. The molecule has 3 aliphatic heterocycles. The minimum Gasteiger partial charge on any atom is -0.378 e. The van der Waals surface area contributed by atoms with E-state index in [0.717, 1.165) is 5.69 Å². The summed E-state index contributed by atoms with van der Waals surface area (Å²) in [7, 11) is 0. The molecule has 2 aromatic rings. The molecule has 0 N–H and O–H groups in total. The van der Waals surface area contributed by atoms with E-state index in [1.807, 2.05) is 14.7 Å². The highest BCUT2D eigenvalue weighted by Gasteiger charge is 2.29. The number of hydrogen-bond acceptors (Lipinski definition) is 10. The summed E-state index contributed by atoms with van der Waals surface area (Å²) in [5, 5.41) is 10.9. The highest BCUT2D eigenvalue weighted by atomic mass is 19.1. The number of nitro groups is 1. The molecular formula is C22H28FN7O4. The molecule has 0 atom stereocenters. The van der Waals surface area contributed by atoms with Crippen LogP contribution in [0.5, 0.6) is 0 Å². The van der Waals surface area contributed by atoms with E-state index in [1.165, 1.54) is 12.1 Å². The molecule has 3 fully saturated rings. The van der Waals surface area contributed by atoms with E-state index < -0.39 is 10.7 Å². The maximum atomic E-state index is 15.8. The Morgan fingerprint density at radius 2 is 1.21 bits per heavy atom. The summed E-state index contributed by atoms with van der Waals surface area (Å²) < 4.78 is 26.7. The Balaban J connectivity index is 1.37. The first-order valence-electron chi connectivity index (χ1n) is 11.6. The quantitative estimate of drug-likeness (QED) is 0.469. The van der Waals surface area contributed by atoms with E-state index in [0.29, 0.717) is 96.4 Å². The first-order chi connectivity index (χ1) is 16.6. The van der Waals surface area contributed by atoms with Crippen LogP contribution in [0, 0.1) is 15.9 Å². The predicted molar refractivity (Wildman–Crippen MR) is 126 cm³/mol. The molecule has 5 rings (SSSR count). The maximum absolute atomic E-state index is 15.8. The highest BCUT2D eigenvalue weighted by Crippen LogP contribution is 2.30. The number of benzene rings is 1. The van der Waals surface area contributed by atoms with Gasteiger partial charge in [0, 0.05) is 70.2 Å². The van der Waals surface area contributed by atoms with Crippen molar-refractivity contribution < 1.29 is 18.8 Å². The van der Waals surface area contributed by atoms with Crippen LogP contribution in [0.1, 0.15) is 0 Å². The van der Waals surface area contributed by atoms with Crippen molar-refractivity contribution in [3.8, 4) is 0 Å². The van der Waals surface area contributed by atoms with Crippen molar-refractivity contribution in [2.45, 2.75) is 0 Å². The lowest BCUT2D eigenvalue weighted by Crippen LogP contribution is -2.47. The molecule has 0 unspecified atom stereocenters. The lowest BCUT2D eigenvalue weighted by Gasteiger charge is -2.38. The van der Waals surface area contributed by atoms with Gasteiger partial charge in [-0.15, -0.1) is 0 Å². The number of morpholine rings is 2. The van der Waals surface area contributed by atoms with Crippen LogP contribution in [-0.2, 0) is 9.47 Å². The van der Waals surface area contributed by atoms with Gasteiger partial charge in [0.2, 0.25) is 11.8 Å². The van der Waals surface area contributed by atoms with Crippen molar-refractivity contribution in [2.24, 2.45) is 0 Å². The van der Waals surface area contributed by atoms with Gasteiger partial charge in [0.1, 0.15) is 0 Å². The summed E-state index contributed by atoms with van der Waals surface area (Å²) in [5.74, 6) is 0.774. The number of aromatic nitrogens is 2. The zero-order chi connectivity index (χ0) is 23.5. The Morgan fingerprint density at radius 3 is 1.74 bits per heavy atom. The molecule has 34 heavy (non-hydrogen) atoms. The van der Waals surface area contributed by atoms with E-state index >= 15 is 4.39 Å². The number of ether oxygens (including phenoxy) is 2. The van der Waals surface area contributed by atoms with E-state index in [2.05, 4.69) is 14.9 Å². The fourth-order valence-corrected chi connectivity index (χ4v) is 4.47. The number of nitro benzene ring substituents is 1. The van der Waals surface area contributed by atoms with Crippen LogP contribution in [-0.4, -0.2) is 93.7 Å².